The minimum absolute atomic E-state index is 0.132. The van der Waals surface area contributed by atoms with Gasteiger partial charge in [0.15, 0.2) is 0 Å². The van der Waals surface area contributed by atoms with Crippen LogP contribution in [-0.4, -0.2) is 17.6 Å². The topological polar surface area (TPSA) is 49.3 Å². The SMILES string of the molecule is CC1CCCC1CNCc1cc(C(=O)O)ccc1F. The van der Waals surface area contributed by atoms with Crippen molar-refractivity contribution in [2.45, 2.75) is 32.7 Å². The van der Waals surface area contributed by atoms with Gasteiger partial charge in [0.1, 0.15) is 5.82 Å². The third-order valence-corrected chi connectivity index (χ3v) is 4.05. The minimum atomic E-state index is -1.02. The van der Waals surface area contributed by atoms with Gasteiger partial charge in [0.05, 0.1) is 5.56 Å². The lowest BCUT2D eigenvalue weighted by molar-refractivity contribution is 0.0696. The highest BCUT2D eigenvalue weighted by molar-refractivity contribution is 5.87. The van der Waals surface area contributed by atoms with Gasteiger partial charge >= 0.3 is 5.97 Å². The summed E-state index contributed by atoms with van der Waals surface area (Å²) in [6, 6.07) is 3.92. The number of carbonyl (C=O) groups is 1. The molecule has 0 aliphatic heterocycles. The van der Waals surface area contributed by atoms with Gasteiger partial charge in [0, 0.05) is 12.1 Å². The van der Waals surface area contributed by atoms with Gasteiger partial charge in [0.25, 0.3) is 0 Å². The minimum Gasteiger partial charge on any atom is -0.478 e. The normalized spacial score (nSPS) is 22.6. The van der Waals surface area contributed by atoms with Crippen LogP contribution in [0.1, 0.15) is 42.1 Å². The molecule has 0 bridgehead atoms. The first-order chi connectivity index (χ1) is 9.08. The smallest absolute Gasteiger partial charge is 0.335 e. The zero-order chi connectivity index (χ0) is 13.8. The summed E-state index contributed by atoms with van der Waals surface area (Å²) in [5.74, 6) is 0.0102. The van der Waals surface area contributed by atoms with Crippen molar-refractivity contribution in [1.82, 2.24) is 5.32 Å². The molecule has 19 heavy (non-hydrogen) atoms. The van der Waals surface area contributed by atoms with Crippen molar-refractivity contribution < 1.29 is 14.3 Å². The summed E-state index contributed by atoms with van der Waals surface area (Å²) >= 11 is 0. The van der Waals surface area contributed by atoms with Gasteiger partial charge < -0.3 is 10.4 Å². The van der Waals surface area contributed by atoms with Crippen LogP contribution in [0.5, 0.6) is 0 Å². The van der Waals surface area contributed by atoms with Gasteiger partial charge in [-0.15, -0.1) is 0 Å². The van der Waals surface area contributed by atoms with E-state index >= 15 is 0 Å². The van der Waals surface area contributed by atoms with E-state index in [9.17, 15) is 9.18 Å². The first kappa shape index (κ1) is 14.0. The molecule has 1 fully saturated rings. The highest BCUT2D eigenvalue weighted by Crippen LogP contribution is 2.30. The Morgan fingerprint density at radius 2 is 2.26 bits per heavy atom. The second-order valence-corrected chi connectivity index (χ2v) is 5.41. The van der Waals surface area contributed by atoms with Gasteiger partial charge in [-0.05, 0) is 43.0 Å². The molecule has 1 aromatic carbocycles. The van der Waals surface area contributed by atoms with E-state index in [0.29, 0.717) is 18.0 Å². The van der Waals surface area contributed by atoms with Crippen LogP contribution in [0.3, 0.4) is 0 Å². The summed E-state index contributed by atoms with van der Waals surface area (Å²) in [4.78, 5) is 10.8. The van der Waals surface area contributed by atoms with E-state index in [1.807, 2.05) is 0 Å². The van der Waals surface area contributed by atoms with Crippen LogP contribution in [0.15, 0.2) is 18.2 Å². The summed E-state index contributed by atoms with van der Waals surface area (Å²) in [5, 5.41) is 12.1. The predicted molar refractivity (Wildman–Crippen MR) is 71.6 cm³/mol. The average Bonchev–Trinajstić information content (AvgIpc) is 2.77. The summed E-state index contributed by atoms with van der Waals surface area (Å²) in [6.45, 7) is 3.51. The van der Waals surface area contributed by atoms with Crippen molar-refractivity contribution in [3.8, 4) is 0 Å². The van der Waals surface area contributed by atoms with Crippen molar-refractivity contribution in [3.63, 3.8) is 0 Å². The van der Waals surface area contributed by atoms with E-state index in [-0.39, 0.29) is 11.4 Å². The molecular weight excluding hydrogens is 245 g/mol. The quantitative estimate of drug-likeness (QED) is 0.860. The maximum atomic E-state index is 13.6. The Balaban J connectivity index is 1.91. The Bertz CT molecular complexity index is 461. The maximum Gasteiger partial charge on any atom is 0.335 e. The third kappa shape index (κ3) is 3.53. The van der Waals surface area contributed by atoms with Crippen LogP contribution in [-0.2, 0) is 6.54 Å². The van der Waals surface area contributed by atoms with Crippen LogP contribution >= 0.6 is 0 Å². The summed E-state index contributed by atoms with van der Waals surface area (Å²) in [5.41, 5.74) is 0.554. The lowest BCUT2D eigenvalue weighted by Crippen LogP contribution is -2.24. The number of carboxylic acid groups (broad SMARTS) is 1. The maximum absolute atomic E-state index is 13.6. The molecule has 0 radical (unpaired) electrons. The van der Waals surface area contributed by atoms with E-state index in [0.717, 1.165) is 12.5 Å². The van der Waals surface area contributed by atoms with Gasteiger partial charge in [-0.25, -0.2) is 9.18 Å². The average molecular weight is 265 g/mol. The second kappa shape index (κ2) is 6.15. The monoisotopic (exact) mass is 265 g/mol. The molecule has 1 saturated carbocycles. The Morgan fingerprint density at radius 3 is 2.89 bits per heavy atom. The summed E-state index contributed by atoms with van der Waals surface area (Å²) in [7, 11) is 0. The molecular formula is C15H20FNO2. The van der Waals surface area contributed by atoms with E-state index < -0.39 is 5.97 Å². The molecule has 2 unspecified atom stereocenters. The number of benzene rings is 1. The first-order valence-electron chi connectivity index (χ1n) is 6.80. The zero-order valence-corrected chi connectivity index (χ0v) is 11.2. The van der Waals surface area contributed by atoms with Crippen molar-refractivity contribution >= 4 is 5.97 Å². The lowest BCUT2D eigenvalue weighted by atomic mass is 9.98. The van der Waals surface area contributed by atoms with Crippen LogP contribution in [0.25, 0.3) is 0 Å². The van der Waals surface area contributed by atoms with Gasteiger partial charge in [0.2, 0.25) is 0 Å². The lowest BCUT2D eigenvalue weighted by Gasteiger charge is -2.16. The molecule has 1 aliphatic carbocycles. The standard InChI is InChI=1S/C15H20FNO2/c1-10-3-2-4-12(10)8-17-9-13-7-11(15(18)19)5-6-14(13)16/h5-7,10,12,17H,2-4,8-9H2,1H3,(H,18,19). The summed E-state index contributed by atoms with van der Waals surface area (Å²) in [6.07, 6.45) is 3.78. The summed E-state index contributed by atoms with van der Waals surface area (Å²) < 4.78 is 13.6. The second-order valence-electron chi connectivity index (χ2n) is 5.41. The van der Waals surface area contributed by atoms with E-state index in [1.54, 1.807) is 0 Å². The molecule has 0 saturated heterocycles. The number of nitrogens with one attached hydrogen (secondary N) is 1. The van der Waals surface area contributed by atoms with Crippen molar-refractivity contribution in [1.29, 1.82) is 0 Å². The molecule has 2 N–H and O–H groups in total. The predicted octanol–water partition coefficient (Wildman–Crippen LogP) is 3.05. The van der Waals surface area contributed by atoms with Crippen LogP contribution < -0.4 is 5.32 Å². The highest BCUT2D eigenvalue weighted by atomic mass is 19.1. The fourth-order valence-corrected chi connectivity index (χ4v) is 2.76. The van der Waals surface area contributed by atoms with Crippen molar-refractivity contribution in [3.05, 3.63) is 35.1 Å². The molecule has 3 nitrogen and oxygen atoms in total. The Hall–Kier alpha value is -1.42. The number of hydrogen-bond acceptors (Lipinski definition) is 2. The third-order valence-electron chi connectivity index (χ3n) is 4.05. The number of carboxylic acids is 1. The highest BCUT2D eigenvalue weighted by Gasteiger charge is 2.22. The molecule has 1 aromatic rings. The van der Waals surface area contributed by atoms with Gasteiger partial charge in [-0.1, -0.05) is 19.8 Å². The van der Waals surface area contributed by atoms with E-state index in [2.05, 4.69) is 12.2 Å². The van der Waals surface area contributed by atoms with E-state index in [1.165, 1.54) is 37.5 Å². The van der Waals surface area contributed by atoms with Gasteiger partial charge in [-0.3, -0.25) is 0 Å². The van der Waals surface area contributed by atoms with Crippen LogP contribution in [0.4, 0.5) is 4.39 Å². The molecule has 0 aromatic heterocycles. The van der Waals surface area contributed by atoms with Crippen molar-refractivity contribution in [2.24, 2.45) is 11.8 Å². The molecule has 0 spiro atoms. The molecule has 0 heterocycles. The molecule has 2 rings (SSSR count). The van der Waals surface area contributed by atoms with Crippen molar-refractivity contribution in [2.75, 3.05) is 6.54 Å². The molecule has 1 aliphatic rings. The number of halogens is 1. The fraction of sp³-hybridized carbons (Fsp3) is 0.533. The fourth-order valence-electron chi connectivity index (χ4n) is 2.76. The number of hydrogen-bond donors (Lipinski definition) is 2. The molecule has 2 atom stereocenters. The number of aromatic carboxylic acids is 1. The van der Waals surface area contributed by atoms with Crippen LogP contribution in [0, 0.1) is 17.7 Å². The zero-order valence-electron chi connectivity index (χ0n) is 11.2. The molecule has 104 valence electrons. The van der Waals surface area contributed by atoms with Gasteiger partial charge in [-0.2, -0.15) is 0 Å². The van der Waals surface area contributed by atoms with Crippen LogP contribution in [0.2, 0.25) is 0 Å². The largest absolute Gasteiger partial charge is 0.478 e. The first-order valence-corrected chi connectivity index (χ1v) is 6.80. The number of rotatable bonds is 5. The Kier molecular flexibility index (Phi) is 4.53. The molecule has 4 heteroatoms. The Labute approximate surface area is 112 Å². The van der Waals surface area contributed by atoms with E-state index in [4.69, 9.17) is 5.11 Å². The Morgan fingerprint density at radius 1 is 1.47 bits per heavy atom. The molecule has 0 amide bonds.